The van der Waals surface area contributed by atoms with Crippen LogP contribution in [0.3, 0.4) is 0 Å². The monoisotopic (exact) mass is 275 g/mol. The standard InChI is InChI=1S/C12H10FN5O2/c1-6-4-9(7(13)5-8(6)14)20-11-3-2-10-15-16-12(19)18(10)17-11/h2-5H,14H2,1H3,(H,16,19). The summed E-state index contributed by atoms with van der Waals surface area (Å²) in [6, 6.07) is 5.66. The maximum absolute atomic E-state index is 13.7. The largest absolute Gasteiger partial charge is 0.434 e. The van der Waals surface area contributed by atoms with E-state index in [0.717, 1.165) is 4.52 Å². The third-order valence-electron chi connectivity index (χ3n) is 2.78. The minimum absolute atomic E-state index is 0.0138. The van der Waals surface area contributed by atoms with Crippen molar-refractivity contribution in [2.75, 3.05) is 5.73 Å². The van der Waals surface area contributed by atoms with Crippen molar-refractivity contribution in [2.24, 2.45) is 0 Å². The molecule has 2 aromatic heterocycles. The van der Waals surface area contributed by atoms with Crippen LogP contribution < -0.4 is 16.2 Å². The number of rotatable bonds is 2. The molecule has 0 atom stereocenters. The maximum atomic E-state index is 13.7. The lowest BCUT2D eigenvalue weighted by atomic mass is 10.2. The number of aromatic nitrogens is 4. The molecule has 0 aliphatic heterocycles. The Hall–Kier alpha value is -2.90. The number of nitrogen functional groups attached to an aromatic ring is 1. The van der Waals surface area contributed by atoms with Crippen LogP contribution in [0.5, 0.6) is 11.6 Å². The molecule has 0 saturated carbocycles. The number of H-pyrrole nitrogens is 1. The molecule has 7 nitrogen and oxygen atoms in total. The van der Waals surface area contributed by atoms with E-state index in [-0.39, 0.29) is 11.6 Å². The number of fused-ring (bicyclic) bond motifs is 1. The molecule has 0 spiro atoms. The van der Waals surface area contributed by atoms with Crippen molar-refractivity contribution in [3.05, 3.63) is 46.1 Å². The fraction of sp³-hybridized carbons (Fsp3) is 0.0833. The van der Waals surface area contributed by atoms with Crippen molar-refractivity contribution in [1.29, 1.82) is 0 Å². The third-order valence-corrected chi connectivity index (χ3v) is 2.78. The number of halogens is 1. The fourth-order valence-electron chi connectivity index (χ4n) is 1.70. The first-order chi connectivity index (χ1) is 9.54. The highest BCUT2D eigenvalue weighted by Gasteiger charge is 2.10. The first kappa shape index (κ1) is 12.2. The lowest BCUT2D eigenvalue weighted by Gasteiger charge is -2.08. The molecule has 1 aromatic carbocycles. The second-order valence-corrected chi connectivity index (χ2v) is 4.21. The Kier molecular flexibility index (Phi) is 2.63. The van der Waals surface area contributed by atoms with E-state index in [1.807, 2.05) is 0 Å². The molecule has 3 N–H and O–H groups in total. The van der Waals surface area contributed by atoms with Crippen molar-refractivity contribution < 1.29 is 9.13 Å². The van der Waals surface area contributed by atoms with Crippen molar-refractivity contribution >= 4 is 11.3 Å². The summed E-state index contributed by atoms with van der Waals surface area (Å²) < 4.78 is 20.1. The fourth-order valence-corrected chi connectivity index (χ4v) is 1.70. The summed E-state index contributed by atoms with van der Waals surface area (Å²) >= 11 is 0. The second kappa shape index (κ2) is 4.34. The summed E-state index contributed by atoms with van der Waals surface area (Å²) in [5.74, 6) is -0.543. The lowest BCUT2D eigenvalue weighted by molar-refractivity contribution is 0.419. The van der Waals surface area contributed by atoms with Gasteiger partial charge in [0.05, 0.1) is 0 Å². The number of ether oxygens (including phenoxy) is 1. The van der Waals surface area contributed by atoms with Crippen LogP contribution in [0.1, 0.15) is 5.56 Å². The van der Waals surface area contributed by atoms with Gasteiger partial charge >= 0.3 is 5.69 Å². The number of aryl methyl sites for hydroxylation is 1. The second-order valence-electron chi connectivity index (χ2n) is 4.21. The van der Waals surface area contributed by atoms with E-state index in [0.29, 0.717) is 16.9 Å². The van der Waals surface area contributed by atoms with Crippen LogP contribution in [0, 0.1) is 12.7 Å². The number of benzene rings is 1. The highest BCUT2D eigenvalue weighted by molar-refractivity contribution is 5.51. The van der Waals surface area contributed by atoms with Crippen LogP contribution >= 0.6 is 0 Å². The van der Waals surface area contributed by atoms with Crippen LogP contribution in [-0.2, 0) is 0 Å². The summed E-state index contributed by atoms with van der Waals surface area (Å²) in [7, 11) is 0. The summed E-state index contributed by atoms with van der Waals surface area (Å²) in [4.78, 5) is 11.4. The first-order valence-electron chi connectivity index (χ1n) is 5.72. The quantitative estimate of drug-likeness (QED) is 0.685. The van der Waals surface area contributed by atoms with Gasteiger partial charge in [-0.05, 0) is 24.6 Å². The van der Waals surface area contributed by atoms with Gasteiger partial charge in [-0.3, -0.25) is 0 Å². The van der Waals surface area contributed by atoms with Gasteiger partial charge in [-0.15, -0.1) is 5.10 Å². The average Bonchev–Trinajstić information content (AvgIpc) is 2.78. The zero-order valence-corrected chi connectivity index (χ0v) is 10.4. The zero-order valence-electron chi connectivity index (χ0n) is 10.4. The summed E-state index contributed by atoms with van der Waals surface area (Å²) in [5, 5.41) is 9.88. The van der Waals surface area contributed by atoms with Gasteiger partial charge in [-0.25, -0.2) is 14.3 Å². The summed E-state index contributed by atoms with van der Waals surface area (Å²) in [6.45, 7) is 1.73. The molecule has 0 amide bonds. The minimum Gasteiger partial charge on any atom is -0.434 e. The van der Waals surface area contributed by atoms with E-state index in [1.165, 1.54) is 24.3 Å². The van der Waals surface area contributed by atoms with Crippen LogP contribution in [0.4, 0.5) is 10.1 Å². The number of hydrogen-bond donors (Lipinski definition) is 2. The van der Waals surface area contributed by atoms with E-state index in [9.17, 15) is 9.18 Å². The van der Waals surface area contributed by atoms with E-state index in [1.54, 1.807) is 6.92 Å². The van der Waals surface area contributed by atoms with E-state index >= 15 is 0 Å². The van der Waals surface area contributed by atoms with Gasteiger partial charge in [0, 0.05) is 17.8 Å². The number of hydrogen-bond acceptors (Lipinski definition) is 5. The smallest absolute Gasteiger partial charge is 0.364 e. The highest BCUT2D eigenvalue weighted by Crippen LogP contribution is 2.27. The Labute approximate surface area is 111 Å². The Morgan fingerprint density at radius 2 is 2.20 bits per heavy atom. The van der Waals surface area contributed by atoms with Gasteiger partial charge in [0.15, 0.2) is 17.2 Å². The van der Waals surface area contributed by atoms with E-state index in [4.69, 9.17) is 10.5 Å². The molecule has 0 unspecified atom stereocenters. The van der Waals surface area contributed by atoms with E-state index < -0.39 is 11.5 Å². The molecule has 0 radical (unpaired) electrons. The predicted octanol–water partition coefficient (Wildman–Crippen LogP) is 1.24. The Bertz CT molecular complexity index is 855. The van der Waals surface area contributed by atoms with Crippen molar-refractivity contribution in [2.45, 2.75) is 6.92 Å². The molecule has 20 heavy (non-hydrogen) atoms. The van der Waals surface area contributed by atoms with E-state index in [2.05, 4.69) is 15.3 Å². The number of aromatic amines is 1. The van der Waals surface area contributed by atoms with Gasteiger partial charge in [-0.2, -0.15) is 9.61 Å². The van der Waals surface area contributed by atoms with Gasteiger partial charge in [0.1, 0.15) is 0 Å². The molecular formula is C12H10FN5O2. The Morgan fingerprint density at radius 3 is 3.00 bits per heavy atom. The molecule has 0 aliphatic rings. The summed E-state index contributed by atoms with van der Waals surface area (Å²) in [5.41, 5.74) is 6.46. The van der Waals surface area contributed by atoms with Gasteiger partial charge in [0.25, 0.3) is 0 Å². The molecule has 8 heteroatoms. The number of anilines is 1. The molecule has 0 saturated heterocycles. The molecule has 0 aliphatic carbocycles. The topological polar surface area (TPSA) is 98.3 Å². The maximum Gasteiger partial charge on any atom is 0.364 e. The zero-order chi connectivity index (χ0) is 14.3. The molecule has 3 rings (SSSR count). The van der Waals surface area contributed by atoms with Crippen LogP contribution in [-0.4, -0.2) is 19.8 Å². The first-order valence-corrected chi connectivity index (χ1v) is 5.72. The number of nitrogens with zero attached hydrogens (tertiary/aromatic N) is 3. The molecular weight excluding hydrogens is 265 g/mol. The van der Waals surface area contributed by atoms with Gasteiger partial charge in [-0.1, -0.05) is 0 Å². The average molecular weight is 275 g/mol. The lowest BCUT2D eigenvalue weighted by Crippen LogP contribution is -2.12. The van der Waals surface area contributed by atoms with Crippen molar-refractivity contribution in [3.63, 3.8) is 0 Å². The predicted molar refractivity (Wildman–Crippen MR) is 69.2 cm³/mol. The van der Waals surface area contributed by atoms with Crippen LogP contribution in [0.2, 0.25) is 0 Å². The number of nitrogens with one attached hydrogen (secondary N) is 1. The molecule has 2 heterocycles. The Balaban J connectivity index is 2.02. The molecule has 102 valence electrons. The number of nitrogens with two attached hydrogens (primary N) is 1. The third kappa shape index (κ3) is 1.96. The minimum atomic E-state index is -0.602. The van der Waals surface area contributed by atoms with Gasteiger partial charge in [0.2, 0.25) is 5.88 Å². The van der Waals surface area contributed by atoms with Crippen molar-refractivity contribution in [1.82, 2.24) is 19.8 Å². The van der Waals surface area contributed by atoms with Crippen molar-refractivity contribution in [3.8, 4) is 11.6 Å². The SMILES string of the molecule is Cc1cc(Oc2ccc3n[nH]c(=O)n3n2)c(F)cc1N. The summed E-state index contributed by atoms with van der Waals surface area (Å²) in [6.07, 6.45) is 0. The molecule has 3 aromatic rings. The Morgan fingerprint density at radius 1 is 1.40 bits per heavy atom. The van der Waals surface area contributed by atoms with Gasteiger partial charge < -0.3 is 10.5 Å². The van der Waals surface area contributed by atoms with Crippen LogP contribution in [0.15, 0.2) is 29.1 Å². The normalized spacial score (nSPS) is 10.9. The highest BCUT2D eigenvalue weighted by atomic mass is 19.1. The molecule has 0 bridgehead atoms. The molecule has 0 fully saturated rings. The van der Waals surface area contributed by atoms with Crippen LogP contribution in [0.25, 0.3) is 5.65 Å².